The van der Waals surface area contributed by atoms with Gasteiger partial charge in [-0.3, -0.25) is 4.79 Å². The molecule has 1 aliphatic rings. The molecule has 1 saturated carbocycles. The second-order valence-electron chi connectivity index (χ2n) is 6.58. The lowest BCUT2D eigenvalue weighted by molar-refractivity contribution is -0.142. The molecule has 1 N–H and O–H groups in total. The van der Waals surface area contributed by atoms with E-state index in [0.717, 1.165) is 24.8 Å². The molecule has 6 heteroatoms. The lowest BCUT2D eigenvalue weighted by atomic mass is 9.98. The van der Waals surface area contributed by atoms with Crippen molar-refractivity contribution in [3.8, 4) is 5.88 Å². The van der Waals surface area contributed by atoms with Gasteiger partial charge in [0.05, 0.1) is 18.5 Å². The number of aryl methyl sites for hydroxylation is 1. The van der Waals surface area contributed by atoms with Gasteiger partial charge in [0, 0.05) is 18.8 Å². The fourth-order valence-electron chi connectivity index (χ4n) is 2.70. The van der Waals surface area contributed by atoms with E-state index in [1.54, 1.807) is 6.20 Å². The lowest BCUT2D eigenvalue weighted by Crippen LogP contribution is -2.45. The minimum absolute atomic E-state index is 0.102. The molecular formula is C19H30N2O4. The van der Waals surface area contributed by atoms with Gasteiger partial charge in [-0.15, -0.1) is 0 Å². The van der Waals surface area contributed by atoms with Crippen LogP contribution in [-0.4, -0.2) is 42.9 Å². The first-order valence-corrected chi connectivity index (χ1v) is 9.13. The average Bonchev–Trinajstić information content (AvgIpc) is 3.43. The second-order valence-corrected chi connectivity index (χ2v) is 6.58. The number of pyridine rings is 1. The van der Waals surface area contributed by atoms with Crippen molar-refractivity contribution >= 4 is 11.6 Å². The number of hydrogen-bond donors (Lipinski definition) is 1. The van der Waals surface area contributed by atoms with Crippen molar-refractivity contribution in [3.05, 3.63) is 17.8 Å². The number of aromatic nitrogens is 1. The normalized spacial score (nSPS) is 16.3. The molecule has 0 aromatic carbocycles. The lowest BCUT2D eigenvalue weighted by Gasteiger charge is -2.28. The highest BCUT2D eigenvalue weighted by atomic mass is 16.5. The molecule has 140 valence electrons. The highest BCUT2D eigenvalue weighted by Crippen LogP contribution is 2.42. The van der Waals surface area contributed by atoms with Crippen LogP contribution in [0.4, 0.5) is 5.69 Å². The molecule has 1 atom stereocenters. The average molecular weight is 350 g/mol. The van der Waals surface area contributed by atoms with Crippen LogP contribution in [-0.2, 0) is 14.3 Å². The summed E-state index contributed by atoms with van der Waals surface area (Å²) in [4.78, 5) is 17.1. The second kappa shape index (κ2) is 9.15. The van der Waals surface area contributed by atoms with Crippen LogP contribution in [0.5, 0.6) is 5.88 Å². The Hall–Kier alpha value is -1.66. The van der Waals surface area contributed by atoms with Crippen molar-refractivity contribution in [1.29, 1.82) is 0 Å². The Bertz CT molecular complexity index is 575. The van der Waals surface area contributed by atoms with Crippen LogP contribution in [0.25, 0.3) is 0 Å². The molecule has 6 nitrogen and oxygen atoms in total. The maximum absolute atomic E-state index is 12.8. The number of nitrogens with zero attached hydrogens (tertiary/aromatic N) is 1. The molecule has 1 aromatic rings. The van der Waals surface area contributed by atoms with Crippen LogP contribution in [0.3, 0.4) is 0 Å². The van der Waals surface area contributed by atoms with Crippen molar-refractivity contribution in [3.63, 3.8) is 0 Å². The maximum Gasteiger partial charge on any atom is 0.256 e. The molecule has 1 fully saturated rings. The summed E-state index contributed by atoms with van der Waals surface area (Å²) >= 11 is 0. The molecule has 1 aromatic heterocycles. The highest BCUT2D eigenvalue weighted by molar-refractivity contribution is 5.97. The zero-order valence-corrected chi connectivity index (χ0v) is 15.8. The first-order valence-electron chi connectivity index (χ1n) is 9.13. The predicted molar refractivity (Wildman–Crippen MR) is 97.0 cm³/mol. The molecule has 0 bridgehead atoms. The van der Waals surface area contributed by atoms with E-state index in [2.05, 4.69) is 10.3 Å². The van der Waals surface area contributed by atoms with Gasteiger partial charge in [-0.05, 0) is 52.0 Å². The van der Waals surface area contributed by atoms with Crippen LogP contribution in [0.2, 0.25) is 0 Å². The standard InChI is InChI=1S/C19H30N2O4/c1-5-9-25-19(4,15-7-8-15)18(22)21-16-12-14(3)17(20-13-16)24-11-10-23-6-2/h12-13,15H,5-11H2,1-4H3,(H,21,22). The molecule has 1 amide bonds. The van der Waals surface area contributed by atoms with Crippen LogP contribution in [0.15, 0.2) is 12.3 Å². The largest absolute Gasteiger partial charge is 0.475 e. The molecule has 0 radical (unpaired) electrons. The number of amides is 1. The van der Waals surface area contributed by atoms with Crippen molar-refractivity contribution < 1.29 is 19.0 Å². The van der Waals surface area contributed by atoms with Gasteiger partial charge in [-0.2, -0.15) is 0 Å². The summed E-state index contributed by atoms with van der Waals surface area (Å²) in [5, 5.41) is 2.95. The fraction of sp³-hybridized carbons (Fsp3) is 0.684. The van der Waals surface area contributed by atoms with Gasteiger partial charge < -0.3 is 19.5 Å². The monoisotopic (exact) mass is 350 g/mol. The van der Waals surface area contributed by atoms with Crippen molar-refractivity contribution in [2.45, 2.75) is 52.6 Å². The van der Waals surface area contributed by atoms with E-state index >= 15 is 0 Å². The zero-order chi connectivity index (χ0) is 18.3. The van der Waals surface area contributed by atoms with Gasteiger partial charge in [0.2, 0.25) is 5.88 Å². The molecule has 0 spiro atoms. The third kappa shape index (κ3) is 5.41. The first-order chi connectivity index (χ1) is 12.0. The van der Waals surface area contributed by atoms with Gasteiger partial charge in [0.25, 0.3) is 5.91 Å². The van der Waals surface area contributed by atoms with E-state index in [9.17, 15) is 4.79 Å². The van der Waals surface area contributed by atoms with Gasteiger partial charge in [-0.1, -0.05) is 6.92 Å². The summed E-state index contributed by atoms with van der Waals surface area (Å²) in [5.41, 5.74) is 0.764. The molecule has 1 heterocycles. The number of nitrogens with one attached hydrogen (secondary N) is 1. The topological polar surface area (TPSA) is 69.7 Å². The quantitative estimate of drug-likeness (QED) is 0.620. The predicted octanol–water partition coefficient (Wildman–Crippen LogP) is 3.34. The van der Waals surface area contributed by atoms with E-state index in [1.807, 2.05) is 33.8 Å². The SMILES string of the molecule is CCCOC(C)(C(=O)Nc1cnc(OCCOCC)c(C)c1)C1CC1. The number of carbonyl (C=O) groups is 1. The van der Waals surface area contributed by atoms with Gasteiger partial charge >= 0.3 is 0 Å². The number of rotatable bonds is 11. The fourth-order valence-corrected chi connectivity index (χ4v) is 2.70. The molecule has 0 aliphatic heterocycles. The van der Waals surface area contributed by atoms with E-state index in [4.69, 9.17) is 14.2 Å². The summed E-state index contributed by atoms with van der Waals surface area (Å²) in [6.45, 7) is 10.0. The summed E-state index contributed by atoms with van der Waals surface area (Å²) in [5.74, 6) is 0.758. The Morgan fingerprint density at radius 1 is 1.32 bits per heavy atom. The van der Waals surface area contributed by atoms with Crippen LogP contribution >= 0.6 is 0 Å². The number of ether oxygens (including phenoxy) is 3. The molecule has 1 unspecified atom stereocenters. The van der Waals surface area contributed by atoms with Gasteiger partial charge in [0.15, 0.2) is 0 Å². The molecule has 0 saturated heterocycles. The Balaban J connectivity index is 1.96. The van der Waals surface area contributed by atoms with Crippen molar-refractivity contribution in [1.82, 2.24) is 4.98 Å². The summed E-state index contributed by atoms with van der Waals surface area (Å²) in [6.07, 6.45) is 4.59. The van der Waals surface area contributed by atoms with Crippen LogP contribution in [0.1, 0.15) is 45.6 Å². The Morgan fingerprint density at radius 2 is 2.08 bits per heavy atom. The Labute approximate surface area is 150 Å². The van der Waals surface area contributed by atoms with Crippen LogP contribution in [0, 0.1) is 12.8 Å². The first kappa shape index (κ1) is 19.7. The Kier molecular flexibility index (Phi) is 7.20. The van der Waals surface area contributed by atoms with Crippen LogP contribution < -0.4 is 10.1 Å². The third-order valence-corrected chi connectivity index (χ3v) is 4.37. The molecular weight excluding hydrogens is 320 g/mol. The van der Waals surface area contributed by atoms with Gasteiger partial charge in [0.1, 0.15) is 12.2 Å². The Morgan fingerprint density at radius 3 is 2.68 bits per heavy atom. The molecule has 2 rings (SSSR count). The summed E-state index contributed by atoms with van der Waals surface area (Å²) < 4.78 is 16.7. The smallest absolute Gasteiger partial charge is 0.256 e. The van der Waals surface area contributed by atoms with E-state index in [-0.39, 0.29) is 5.91 Å². The minimum Gasteiger partial charge on any atom is -0.475 e. The van der Waals surface area contributed by atoms with E-state index in [1.165, 1.54) is 0 Å². The van der Waals surface area contributed by atoms with Gasteiger partial charge in [-0.25, -0.2) is 4.98 Å². The number of hydrogen-bond acceptors (Lipinski definition) is 5. The molecule has 1 aliphatic carbocycles. The van der Waals surface area contributed by atoms with E-state index in [0.29, 0.717) is 43.9 Å². The number of anilines is 1. The minimum atomic E-state index is -0.767. The zero-order valence-electron chi connectivity index (χ0n) is 15.8. The number of carbonyl (C=O) groups excluding carboxylic acids is 1. The molecule has 25 heavy (non-hydrogen) atoms. The highest BCUT2D eigenvalue weighted by Gasteiger charge is 2.48. The summed E-state index contributed by atoms with van der Waals surface area (Å²) in [7, 11) is 0. The maximum atomic E-state index is 12.8. The third-order valence-electron chi connectivity index (χ3n) is 4.37. The van der Waals surface area contributed by atoms with Crippen molar-refractivity contribution in [2.24, 2.45) is 5.92 Å². The van der Waals surface area contributed by atoms with Crippen molar-refractivity contribution in [2.75, 3.05) is 31.7 Å². The van der Waals surface area contributed by atoms with E-state index < -0.39 is 5.60 Å². The summed E-state index contributed by atoms with van der Waals surface area (Å²) in [6, 6.07) is 1.87.